The maximum Gasteiger partial charge on any atom is 0.335 e. The molecule has 0 unspecified atom stereocenters. The molecule has 0 bridgehead atoms. The normalized spacial score (nSPS) is 16.0. The number of benzene rings is 2. The van der Waals surface area contributed by atoms with E-state index in [2.05, 4.69) is 39.0 Å². The maximum absolute atomic E-state index is 13.1. The van der Waals surface area contributed by atoms with Gasteiger partial charge in [0.25, 0.3) is 5.91 Å². The second kappa shape index (κ2) is 19.9. The third-order valence-electron chi connectivity index (χ3n) is 8.90. The minimum absolute atomic E-state index is 0.0366. The summed E-state index contributed by atoms with van der Waals surface area (Å²) >= 11 is 0. The van der Waals surface area contributed by atoms with Crippen LogP contribution in [-0.4, -0.2) is 51.9 Å². The van der Waals surface area contributed by atoms with Gasteiger partial charge in [-0.25, -0.2) is 22.4 Å². The summed E-state index contributed by atoms with van der Waals surface area (Å²) in [6.45, 7) is 1.01. The van der Waals surface area contributed by atoms with Crippen molar-refractivity contribution in [1.82, 2.24) is 15.3 Å². The lowest BCUT2D eigenvalue weighted by atomic mass is 9.87. The fourth-order valence-corrected chi connectivity index (χ4v) is 5.54. The smallest absolute Gasteiger partial charge is 0.335 e. The molecule has 4 aromatic rings. The highest BCUT2D eigenvalue weighted by Gasteiger charge is 2.35. The second-order valence-corrected chi connectivity index (χ2v) is 13.0. The highest BCUT2D eigenvalue weighted by molar-refractivity contribution is 5.94. The Morgan fingerprint density at radius 3 is 1.36 bits per heavy atom. The van der Waals surface area contributed by atoms with Crippen molar-refractivity contribution in [3.05, 3.63) is 131 Å². The number of hydrogen-bond donors (Lipinski definition) is 3. The molecule has 0 aliphatic heterocycles. The van der Waals surface area contributed by atoms with Crippen molar-refractivity contribution in [1.29, 1.82) is 0 Å². The lowest BCUT2D eigenvalue weighted by molar-refractivity contribution is -0.0456. The summed E-state index contributed by atoms with van der Waals surface area (Å²) in [5.41, 5.74) is 9.50. The number of alkyl halides is 4. The summed E-state index contributed by atoms with van der Waals surface area (Å²) in [4.78, 5) is 30.7. The third-order valence-corrected chi connectivity index (χ3v) is 8.90. The first-order valence-electron chi connectivity index (χ1n) is 17.4. The lowest BCUT2D eigenvalue weighted by Crippen LogP contribution is -2.33. The molecule has 7 nitrogen and oxygen atoms in total. The standard InChI is InChI=1S/C21H20F2N2O.C14H9NO2.C7H13F2N/c22-21(23)11-7-18(8-12-21)15-25-20(26)19-5-3-16(4-6-19)1-2-17-9-13-24-14-10-17;16-14(17)13-5-3-11(4-6-13)1-2-12-7-9-15-10-8-12;8-7(9)3-1-6(5-10)2-4-7/h3-6,9-10,13-14,18H,7-8,11-12,15H2,(H,25,26);3-10H,(H,16,17);6H,1-5,10H2. The summed E-state index contributed by atoms with van der Waals surface area (Å²) in [5.74, 6) is 6.43. The number of nitrogens with zero attached hydrogens (tertiary/aromatic N) is 2. The van der Waals surface area contributed by atoms with E-state index in [1.807, 2.05) is 24.3 Å². The van der Waals surface area contributed by atoms with Crippen LogP contribution in [0.5, 0.6) is 0 Å². The fourth-order valence-electron chi connectivity index (χ4n) is 5.54. The summed E-state index contributed by atoms with van der Waals surface area (Å²) in [7, 11) is 0. The molecule has 276 valence electrons. The van der Waals surface area contributed by atoms with Gasteiger partial charge >= 0.3 is 5.97 Å². The number of rotatable bonds is 5. The van der Waals surface area contributed by atoms with Crippen LogP contribution in [0.3, 0.4) is 0 Å². The Balaban J connectivity index is 0.000000198. The van der Waals surface area contributed by atoms with Gasteiger partial charge in [-0.15, -0.1) is 0 Å². The van der Waals surface area contributed by atoms with Crippen LogP contribution in [0.15, 0.2) is 97.6 Å². The Hall–Kier alpha value is -5.52. The van der Waals surface area contributed by atoms with E-state index in [0.717, 1.165) is 22.3 Å². The average molecular weight is 727 g/mol. The van der Waals surface area contributed by atoms with Gasteiger partial charge in [-0.2, -0.15) is 0 Å². The summed E-state index contributed by atoms with van der Waals surface area (Å²) in [6.07, 6.45) is 8.74. The van der Waals surface area contributed by atoms with Crippen LogP contribution in [0.2, 0.25) is 0 Å². The zero-order valence-electron chi connectivity index (χ0n) is 29.2. The number of carboxylic acids is 1. The van der Waals surface area contributed by atoms with E-state index in [9.17, 15) is 27.2 Å². The van der Waals surface area contributed by atoms with Crippen molar-refractivity contribution in [2.24, 2.45) is 17.6 Å². The Labute approximate surface area is 307 Å². The van der Waals surface area contributed by atoms with Gasteiger partial charge in [0.1, 0.15) is 0 Å². The predicted octanol–water partition coefficient (Wildman–Crippen LogP) is 7.99. The average Bonchev–Trinajstić information content (AvgIpc) is 3.17. The molecule has 2 saturated carbocycles. The van der Waals surface area contributed by atoms with Gasteiger partial charge in [0, 0.05) is 84.8 Å². The first-order chi connectivity index (χ1) is 25.4. The Morgan fingerprint density at radius 2 is 0.981 bits per heavy atom. The quantitative estimate of drug-likeness (QED) is 0.142. The van der Waals surface area contributed by atoms with E-state index in [-0.39, 0.29) is 43.1 Å². The number of carboxylic acid groups (broad SMARTS) is 1. The number of pyridine rings is 2. The minimum atomic E-state index is -2.53. The molecule has 2 fully saturated rings. The molecule has 0 saturated heterocycles. The molecule has 0 radical (unpaired) electrons. The van der Waals surface area contributed by atoms with Crippen molar-refractivity contribution >= 4 is 11.9 Å². The van der Waals surface area contributed by atoms with E-state index >= 15 is 0 Å². The predicted molar refractivity (Wildman–Crippen MR) is 195 cm³/mol. The molecule has 2 aromatic carbocycles. The Morgan fingerprint density at radius 1 is 0.623 bits per heavy atom. The first kappa shape index (κ1) is 40.3. The van der Waals surface area contributed by atoms with E-state index in [1.165, 1.54) is 0 Å². The number of nitrogens with two attached hydrogens (primary N) is 1. The zero-order valence-corrected chi connectivity index (χ0v) is 29.2. The summed E-state index contributed by atoms with van der Waals surface area (Å²) in [6, 6.07) is 20.8. The summed E-state index contributed by atoms with van der Waals surface area (Å²) in [5, 5.41) is 11.6. The van der Waals surface area contributed by atoms with Crippen LogP contribution in [0, 0.1) is 35.5 Å². The third kappa shape index (κ3) is 14.6. The summed E-state index contributed by atoms with van der Waals surface area (Å²) < 4.78 is 51.2. The number of hydrogen-bond acceptors (Lipinski definition) is 5. The molecule has 2 heterocycles. The van der Waals surface area contributed by atoms with Crippen LogP contribution in [-0.2, 0) is 0 Å². The molecule has 11 heteroatoms. The molecule has 2 aliphatic rings. The molecule has 6 rings (SSSR count). The van der Waals surface area contributed by atoms with Gasteiger partial charge < -0.3 is 16.2 Å². The Kier molecular flexibility index (Phi) is 15.1. The molecular formula is C42H42F4N4O3. The molecular weight excluding hydrogens is 684 g/mol. The van der Waals surface area contributed by atoms with Crippen LogP contribution >= 0.6 is 0 Å². The molecule has 53 heavy (non-hydrogen) atoms. The number of carbonyl (C=O) groups is 2. The van der Waals surface area contributed by atoms with Gasteiger partial charge in [-0.1, -0.05) is 23.7 Å². The number of aromatic carboxylic acids is 1. The van der Waals surface area contributed by atoms with Gasteiger partial charge in [0.05, 0.1) is 5.56 Å². The maximum atomic E-state index is 13.1. The van der Waals surface area contributed by atoms with Crippen LogP contribution < -0.4 is 11.1 Å². The molecule has 2 aliphatic carbocycles. The molecule has 1 amide bonds. The zero-order chi connectivity index (χ0) is 38.1. The van der Waals surface area contributed by atoms with Crippen molar-refractivity contribution in [3.8, 4) is 23.7 Å². The minimum Gasteiger partial charge on any atom is -0.478 e. The van der Waals surface area contributed by atoms with Crippen LogP contribution in [0.25, 0.3) is 0 Å². The molecule has 0 atom stereocenters. The van der Waals surface area contributed by atoms with Crippen molar-refractivity contribution in [2.75, 3.05) is 13.1 Å². The van der Waals surface area contributed by atoms with Crippen molar-refractivity contribution in [2.45, 2.75) is 63.2 Å². The highest BCUT2D eigenvalue weighted by atomic mass is 19.3. The molecule has 0 spiro atoms. The van der Waals surface area contributed by atoms with E-state index < -0.39 is 17.8 Å². The molecule has 4 N–H and O–H groups in total. The lowest BCUT2D eigenvalue weighted by Gasteiger charge is -2.28. The van der Waals surface area contributed by atoms with Crippen molar-refractivity contribution in [3.63, 3.8) is 0 Å². The van der Waals surface area contributed by atoms with Crippen LogP contribution in [0.1, 0.15) is 94.3 Å². The second-order valence-electron chi connectivity index (χ2n) is 13.0. The number of halogens is 4. The highest BCUT2D eigenvalue weighted by Crippen LogP contribution is 2.36. The SMILES string of the molecule is NCC1CCC(F)(F)CC1.O=C(NCC1CCC(F)(F)CC1)c1ccc(C#Cc2ccncc2)cc1.O=C(O)c1ccc(C#Cc2ccncc2)cc1. The number of nitrogens with one attached hydrogen (secondary N) is 1. The topological polar surface area (TPSA) is 118 Å². The van der Waals surface area contributed by atoms with Crippen molar-refractivity contribution < 1.29 is 32.3 Å². The van der Waals surface area contributed by atoms with E-state index in [4.69, 9.17) is 10.8 Å². The monoisotopic (exact) mass is 726 g/mol. The fraction of sp³-hybridized carbons (Fsp3) is 0.333. The Bertz CT molecular complexity index is 1860. The first-order valence-corrected chi connectivity index (χ1v) is 17.4. The number of amides is 1. The molecule has 2 aromatic heterocycles. The van der Waals surface area contributed by atoms with Gasteiger partial charge in [-0.05, 0) is 117 Å². The van der Waals surface area contributed by atoms with Crippen LogP contribution in [0.4, 0.5) is 17.6 Å². The van der Waals surface area contributed by atoms with E-state index in [1.54, 1.807) is 73.3 Å². The van der Waals surface area contributed by atoms with Gasteiger partial charge in [-0.3, -0.25) is 14.8 Å². The largest absolute Gasteiger partial charge is 0.478 e. The van der Waals surface area contributed by atoms with Gasteiger partial charge in [0.15, 0.2) is 0 Å². The van der Waals surface area contributed by atoms with E-state index in [0.29, 0.717) is 50.3 Å². The van der Waals surface area contributed by atoms with Gasteiger partial charge in [0.2, 0.25) is 11.8 Å². The number of carbonyl (C=O) groups excluding carboxylic acids is 1. The number of aromatic nitrogens is 2.